The van der Waals surface area contributed by atoms with Gasteiger partial charge in [-0.05, 0) is 17.5 Å². The smallest absolute Gasteiger partial charge is 0.255 e. The summed E-state index contributed by atoms with van der Waals surface area (Å²) >= 11 is 6.13. The van der Waals surface area contributed by atoms with Gasteiger partial charge in [0.2, 0.25) is 10.0 Å². The Labute approximate surface area is 163 Å². The zero-order valence-electron chi connectivity index (χ0n) is 14.8. The largest absolute Gasteiger partial charge is 0.338 e. The van der Waals surface area contributed by atoms with Crippen molar-refractivity contribution in [3.8, 4) is 0 Å². The highest BCUT2D eigenvalue weighted by Gasteiger charge is 2.51. The molecule has 0 unspecified atom stereocenters. The molecule has 142 valence electrons. The molecule has 1 aromatic heterocycles. The molecule has 2 aliphatic rings. The van der Waals surface area contributed by atoms with Crippen LogP contribution in [0.2, 0.25) is 5.02 Å². The quantitative estimate of drug-likeness (QED) is 0.786. The lowest BCUT2D eigenvalue weighted by Crippen LogP contribution is -2.37. The van der Waals surface area contributed by atoms with Crippen molar-refractivity contribution >= 4 is 27.5 Å². The number of carbonyl (C=O) groups is 1. The number of nitrogens with zero attached hydrogens (tertiary/aromatic N) is 3. The predicted octanol–water partition coefficient (Wildman–Crippen LogP) is 2.44. The Morgan fingerprint density at radius 1 is 1.15 bits per heavy atom. The van der Waals surface area contributed by atoms with E-state index in [-0.39, 0.29) is 23.8 Å². The van der Waals surface area contributed by atoms with E-state index in [4.69, 9.17) is 11.6 Å². The predicted molar refractivity (Wildman–Crippen MR) is 103 cm³/mol. The van der Waals surface area contributed by atoms with Crippen LogP contribution in [0.25, 0.3) is 0 Å². The number of carbonyl (C=O) groups excluding carboxylic acids is 1. The third-order valence-electron chi connectivity index (χ3n) is 5.48. The maximum absolute atomic E-state index is 12.9. The second kappa shape index (κ2) is 6.89. The summed E-state index contributed by atoms with van der Waals surface area (Å²) in [6, 6.07) is 11.0. The van der Waals surface area contributed by atoms with Crippen molar-refractivity contribution in [1.82, 2.24) is 14.2 Å². The second-order valence-electron chi connectivity index (χ2n) is 7.18. The van der Waals surface area contributed by atoms with Crippen LogP contribution in [0.15, 0.2) is 48.8 Å². The van der Waals surface area contributed by atoms with Crippen LogP contribution in [0.1, 0.15) is 22.0 Å². The molecule has 3 heterocycles. The molecule has 2 aliphatic heterocycles. The Hall–Kier alpha value is -1.96. The van der Waals surface area contributed by atoms with Gasteiger partial charge in [-0.1, -0.05) is 41.9 Å². The van der Waals surface area contributed by atoms with Crippen LogP contribution < -0.4 is 0 Å². The van der Waals surface area contributed by atoms with Crippen LogP contribution in [0, 0.1) is 11.8 Å². The molecule has 0 aliphatic carbocycles. The average Bonchev–Trinajstić information content (AvgIpc) is 3.20. The standard InChI is InChI=1S/C19H20ClN3O3S/c1-27(25,26)23-11-14-10-22(19(24)15-7-8-21-9-17(15)20)12-16(14)18(23)13-5-3-2-4-6-13/h2-9,14,16,18H,10-12H2,1H3/t14-,16-,18+/m1/s1. The van der Waals surface area contributed by atoms with Gasteiger partial charge >= 0.3 is 0 Å². The number of sulfonamides is 1. The van der Waals surface area contributed by atoms with Crippen LogP contribution in [-0.2, 0) is 10.0 Å². The molecule has 4 rings (SSSR count). The molecule has 3 atom stereocenters. The highest BCUT2D eigenvalue weighted by atomic mass is 35.5. The second-order valence-corrected chi connectivity index (χ2v) is 9.52. The Kier molecular flexibility index (Phi) is 4.70. The van der Waals surface area contributed by atoms with Crippen molar-refractivity contribution in [1.29, 1.82) is 0 Å². The Balaban J connectivity index is 1.63. The first-order valence-electron chi connectivity index (χ1n) is 8.77. The normalized spacial score (nSPS) is 25.6. The summed E-state index contributed by atoms with van der Waals surface area (Å²) in [5.41, 5.74) is 1.40. The van der Waals surface area contributed by atoms with E-state index in [1.54, 1.807) is 21.5 Å². The molecule has 0 bridgehead atoms. The number of aromatic nitrogens is 1. The zero-order valence-corrected chi connectivity index (χ0v) is 16.4. The highest BCUT2D eigenvalue weighted by molar-refractivity contribution is 7.88. The summed E-state index contributed by atoms with van der Waals surface area (Å²) in [6.45, 7) is 1.46. The van der Waals surface area contributed by atoms with E-state index in [2.05, 4.69) is 4.98 Å². The number of fused-ring (bicyclic) bond motifs is 1. The lowest BCUT2D eigenvalue weighted by atomic mass is 9.90. The summed E-state index contributed by atoms with van der Waals surface area (Å²) in [7, 11) is -3.34. The number of rotatable bonds is 3. The zero-order chi connectivity index (χ0) is 19.2. The molecule has 2 aromatic rings. The Bertz CT molecular complexity index is 967. The molecule has 6 nitrogen and oxygen atoms in total. The third kappa shape index (κ3) is 3.35. The molecule has 0 spiro atoms. The fourth-order valence-electron chi connectivity index (χ4n) is 4.30. The van der Waals surface area contributed by atoms with E-state index in [1.807, 2.05) is 30.3 Å². The van der Waals surface area contributed by atoms with Crippen molar-refractivity contribution in [3.05, 3.63) is 64.9 Å². The SMILES string of the molecule is CS(=O)(=O)N1C[C@H]2CN(C(=O)c3ccncc3Cl)C[C@H]2[C@@H]1c1ccccc1. The average molecular weight is 406 g/mol. The topological polar surface area (TPSA) is 70.6 Å². The molecule has 2 fully saturated rings. The summed E-state index contributed by atoms with van der Waals surface area (Å²) in [5, 5.41) is 0.330. The van der Waals surface area contributed by atoms with E-state index in [9.17, 15) is 13.2 Å². The first kappa shape index (κ1) is 18.4. The van der Waals surface area contributed by atoms with Gasteiger partial charge in [-0.15, -0.1) is 0 Å². The Morgan fingerprint density at radius 2 is 1.89 bits per heavy atom. The molecular formula is C19H20ClN3O3S. The lowest BCUT2D eigenvalue weighted by Gasteiger charge is -2.28. The van der Waals surface area contributed by atoms with Crippen molar-refractivity contribution in [2.75, 3.05) is 25.9 Å². The molecule has 0 saturated carbocycles. The van der Waals surface area contributed by atoms with E-state index in [0.717, 1.165) is 5.56 Å². The third-order valence-corrected chi connectivity index (χ3v) is 7.01. The molecule has 0 N–H and O–H groups in total. The fourth-order valence-corrected chi connectivity index (χ4v) is 5.65. The molecule has 1 amide bonds. The van der Waals surface area contributed by atoms with Crippen molar-refractivity contribution in [3.63, 3.8) is 0 Å². The van der Waals surface area contributed by atoms with Crippen LogP contribution in [0.4, 0.5) is 0 Å². The number of amides is 1. The minimum Gasteiger partial charge on any atom is -0.338 e. The number of benzene rings is 1. The lowest BCUT2D eigenvalue weighted by molar-refractivity contribution is 0.0774. The maximum Gasteiger partial charge on any atom is 0.255 e. The van der Waals surface area contributed by atoms with Gasteiger partial charge in [0.25, 0.3) is 5.91 Å². The molecule has 8 heteroatoms. The monoisotopic (exact) mass is 405 g/mol. The molecule has 0 radical (unpaired) electrons. The summed E-state index contributed by atoms with van der Waals surface area (Å²) < 4.78 is 26.3. The summed E-state index contributed by atoms with van der Waals surface area (Å²) in [4.78, 5) is 18.6. The minimum absolute atomic E-state index is 0.0617. The van der Waals surface area contributed by atoms with E-state index in [0.29, 0.717) is 30.2 Å². The van der Waals surface area contributed by atoms with Crippen LogP contribution >= 0.6 is 11.6 Å². The number of likely N-dealkylation sites (tertiary alicyclic amines) is 1. The first-order valence-corrected chi connectivity index (χ1v) is 11.0. The van der Waals surface area contributed by atoms with E-state index in [1.165, 1.54) is 12.5 Å². The van der Waals surface area contributed by atoms with Gasteiger partial charge in [0.05, 0.1) is 22.9 Å². The van der Waals surface area contributed by atoms with Gasteiger partial charge in [0.1, 0.15) is 0 Å². The van der Waals surface area contributed by atoms with E-state index >= 15 is 0 Å². The van der Waals surface area contributed by atoms with Gasteiger partial charge < -0.3 is 4.90 Å². The Morgan fingerprint density at radius 3 is 2.56 bits per heavy atom. The molecule has 27 heavy (non-hydrogen) atoms. The number of hydrogen-bond acceptors (Lipinski definition) is 4. The van der Waals surface area contributed by atoms with Gasteiger partial charge in [-0.3, -0.25) is 9.78 Å². The maximum atomic E-state index is 12.9. The van der Waals surface area contributed by atoms with Crippen LogP contribution in [-0.4, -0.2) is 54.4 Å². The summed E-state index contributed by atoms with van der Waals surface area (Å²) in [5.74, 6) is 0.0377. The fraction of sp³-hybridized carbons (Fsp3) is 0.368. The van der Waals surface area contributed by atoms with Crippen LogP contribution in [0.5, 0.6) is 0 Å². The van der Waals surface area contributed by atoms with E-state index < -0.39 is 10.0 Å². The minimum atomic E-state index is -3.34. The van der Waals surface area contributed by atoms with Gasteiger partial charge in [0.15, 0.2) is 0 Å². The van der Waals surface area contributed by atoms with Crippen molar-refractivity contribution < 1.29 is 13.2 Å². The number of pyridine rings is 1. The molecular weight excluding hydrogens is 386 g/mol. The van der Waals surface area contributed by atoms with Crippen LogP contribution in [0.3, 0.4) is 0 Å². The number of halogens is 1. The highest BCUT2D eigenvalue weighted by Crippen LogP contribution is 2.46. The van der Waals surface area contributed by atoms with Crippen molar-refractivity contribution in [2.45, 2.75) is 6.04 Å². The first-order chi connectivity index (χ1) is 12.9. The van der Waals surface area contributed by atoms with Crippen molar-refractivity contribution in [2.24, 2.45) is 11.8 Å². The summed E-state index contributed by atoms with van der Waals surface area (Å²) in [6.07, 6.45) is 4.27. The molecule has 1 aromatic carbocycles. The van der Waals surface area contributed by atoms with Gasteiger partial charge in [-0.25, -0.2) is 8.42 Å². The molecule has 2 saturated heterocycles. The van der Waals surface area contributed by atoms with Gasteiger partial charge in [-0.2, -0.15) is 4.31 Å². The number of hydrogen-bond donors (Lipinski definition) is 0. The van der Waals surface area contributed by atoms with Gasteiger partial charge in [0, 0.05) is 37.9 Å².